The molecular formula is C33H56N4O4. The fourth-order valence-electron chi connectivity index (χ4n) is 4.26. The van der Waals surface area contributed by atoms with Crippen molar-refractivity contribution in [1.82, 2.24) is 16.0 Å². The summed E-state index contributed by atoms with van der Waals surface area (Å²) in [6, 6.07) is 5.97. The second-order valence-corrected chi connectivity index (χ2v) is 10.2. The largest absolute Gasteiger partial charge is 0.385 e. The van der Waals surface area contributed by atoms with Gasteiger partial charge in [-0.3, -0.25) is 9.59 Å². The first kappa shape index (κ1) is 38.2. The van der Waals surface area contributed by atoms with E-state index in [1.54, 1.807) is 0 Å². The van der Waals surface area contributed by atoms with Crippen molar-refractivity contribution in [3.8, 4) is 0 Å². The van der Waals surface area contributed by atoms with E-state index in [4.69, 9.17) is 5.73 Å². The third kappa shape index (κ3) is 22.5. The Bertz CT molecular complexity index is 858. The molecule has 0 bridgehead atoms. The number of carbonyl (C=O) groups is 4. The summed E-state index contributed by atoms with van der Waals surface area (Å²) >= 11 is 0. The summed E-state index contributed by atoms with van der Waals surface area (Å²) < 4.78 is 0. The lowest BCUT2D eigenvalue weighted by Gasteiger charge is -2.14. The van der Waals surface area contributed by atoms with E-state index in [0.717, 1.165) is 119 Å². The summed E-state index contributed by atoms with van der Waals surface area (Å²) in [5, 5.41) is 9.53. The molecule has 5 N–H and O–H groups in total. The Balaban J connectivity index is 0.00000152. The Morgan fingerprint density at radius 1 is 0.780 bits per heavy atom. The average Bonchev–Trinajstić information content (AvgIpc) is 2.99. The number of rotatable bonds is 25. The predicted molar refractivity (Wildman–Crippen MR) is 170 cm³/mol. The van der Waals surface area contributed by atoms with E-state index in [1.165, 1.54) is 12.8 Å². The fraction of sp³-hybridized carbons (Fsp3) is 0.636. The molecule has 1 rings (SSSR count). The highest BCUT2D eigenvalue weighted by Crippen LogP contribution is 2.18. The highest BCUT2D eigenvalue weighted by molar-refractivity contribution is 5.78. The molecule has 0 fully saturated rings. The number of benzene rings is 1. The van der Waals surface area contributed by atoms with E-state index < -0.39 is 0 Å². The molecule has 232 valence electrons. The van der Waals surface area contributed by atoms with Gasteiger partial charge in [0.2, 0.25) is 5.91 Å². The zero-order chi connectivity index (χ0) is 30.4. The number of nitrogens with two attached hydrogens (primary N) is 1. The van der Waals surface area contributed by atoms with Crippen LogP contribution in [0.4, 0.5) is 0 Å². The maximum absolute atomic E-state index is 11.9. The minimum Gasteiger partial charge on any atom is -0.385 e. The molecule has 0 aliphatic rings. The van der Waals surface area contributed by atoms with Crippen molar-refractivity contribution in [3.63, 3.8) is 0 Å². The van der Waals surface area contributed by atoms with Crippen LogP contribution in [0.15, 0.2) is 24.3 Å². The molecule has 0 unspecified atom stereocenters. The summed E-state index contributed by atoms with van der Waals surface area (Å²) in [5.41, 5.74) is 9.29. The number of aldehydes is 3. The third-order valence-electron chi connectivity index (χ3n) is 6.51. The average molecular weight is 573 g/mol. The van der Waals surface area contributed by atoms with Gasteiger partial charge in [0.1, 0.15) is 18.9 Å². The van der Waals surface area contributed by atoms with Gasteiger partial charge in [0.05, 0.1) is 0 Å². The van der Waals surface area contributed by atoms with Crippen LogP contribution in [-0.4, -0.2) is 58.0 Å². The van der Waals surface area contributed by atoms with Gasteiger partial charge < -0.3 is 31.3 Å². The number of aryl methyl sites for hydroxylation is 1. The first-order chi connectivity index (χ1) is 20.1. The standard InChI is InChI=1S/C26H41N3O3.C7H15NO/c1-2-11-25(28-15-8-3-4-9-17-30)24-19-22(18-23(20-24)21-31)12-10-16-29-26(32)13-6-5-7-14-27;1-8-6-4-2-3-5-7-9/h11,17-21,28H,2-10,12-16,27H2,1H3,(H,29,32);7-8H,2-6H2,1H3/b25-11-;. The molecule has 0 aliphatic heterocycles. The third-order valence-corrected chi connectivity index (χ3v) is 6.51. The van der Waals surface area contributed by atoms with Crippen molar-refractivity contribution in [3.05, 3.63) is 41.0 Å². The second-order valence-electron chi connectivity index (χ2n) is 10.2. The highest BCUT2D eigenvalue weighted by atomic mass is 16.1. The number of hydrogen-bond donors (Lipinski definition) is 4. The van der Waals surface area contributed by atoms with Gasteiger partial charge >= 0.3 is 0 Å². The van der Waals surface area contributed by atoms with Gasteiger partial charge in [0, 0.05) is 43.6 Å². The zero-order valence-electron chi connectivity index (χ0n) is 25.7. The lowest BCUT2D eigenvalue weighted by molar-refractivity contribution is -0.121. The first-order valence-electron chi connectivity index (χ1n) is 15.6. The van der Waals surface area contributed by atoms with Gasteiger partial charge in [-0.25, -0.2) is 0 Å². The molecule has 0 aliphatic carbocycles. The fourth-order valence-corrected chi connectivity index (χ4v) is 4.26. The van der Waals surface area contributed by atoms with Crippen LogP contribution in [0.1, 0.15) is 118 Å². The summed E-state index contributed by atoms with van der Waals surface area (Å²) in [6.45, 7) is 5.30. The Morgan fingerprint density at radius 2 is 1.44 bits per heavy atom. The molecule has 0 saturated heterocycles. The van der Waals surface area contributed by atoms with Gasteiger partial charge in [0.25, 0.3) is 0 Å². The molecule has 0 radical (unpaired) electrons. The molecule has 1 amide bonds. The van der Waals surface area contributed by atoms with E-state index in [2.05, 4.69) is 35.0 Å². The molecular weight excluding hydrogens is 516 g/mol. The van der Waals surface area contributed by atoms with Crippen LogP contribution in [0.3, 0.4) is 0 Å². The summed E-state index contributed by atoms with van der Waals surface area (Å²) in [4.78, 5) is 43.6. The minimum absolute atomic E-state index is 0.0925. The van der Waals surface area contributed by atoms with Crippen molar-refractivity contribution in [2.75, 3.05) is 33.2 Å². The number of allylic oxidation sites excluding steroid dienone is 1. The van der Waals surface area contributed by atoms with Gasteiger partial charge in [-0.2, -0.15) is 0 Å². The minimum atomic E-state index is 0.0925. The van der Waals surface area contributed by atoms with Crippen molar-refractivity contribution in [2.45, 2.75) is 103 Å². The van der Waals surface area contributed by atoms with Crippen LogP contribution in [-0.2, 0) is 20.8 Å². The van der Waals surface area contributed by atoms with Crippen LogP contribution in [0.5, 0.6) is 0 Å². The van der Waals surface area contributed by atoms with E-state index in [1.807, 2.05) is 19.2 Å². The van der Waals surface area contributed by atoms with Crippen molar-refractivity contribution < 1.29 is 19.2 Å². The SMILES string of the molecule is CC/C=C(\NCCCCCC=O)c1cc(C=O)cc(CCCNC(=O)CCCCCN)c1.CNCCCCCC=O. The normalized spacial score (nSPS) is 10.9. The Hall–Kier alpha value is -2.84. The molecule has 0 spiro atoms. The Kier molecular flexibility index (Phi) is 26.7. The van der Waals surface area contributed by atoms with Crippen molar-refractivity contribution in [1.29, 1.82) is 0 Å². The maximum Gasteiger partial charge on any atom is 0.219 e. The molecule has 41 heavy (non-hydrogen) atoms. The van der Waals surface area contributed by atoms with Crippen molar-refractivity contribution in [2.24, 2.45) is 5.73 Å². The predicted octanol–water partition coefficient (Wildman–Crippen LogP) is 5.13. The van der Waals surface area contributed by atoms with Crippen LogP contribution in [0.25, 0.3) is 5.70 Å². The van der Waals surface area contributed by atoms with Crippen molar-refractivity contribution >= 4 is 30.5 Å². The molecule has 0 aromatic heterocycles. The monoisotopic (exact) mass is 572 g/mol. The molecule has 8 nitrogen and oxygen atoms in total. The summed E-state index contributed by atoms with van der Waals surface area (Å²) in [6.07, 6.45) is 18.6. The van der Waals surface area contributed by atoms with E-state index in [9.17, 15) is 19.2 Å². The second kappa shape index (κ2) is 28.7. The van der Waals surface area contributed by atoms with Crippen LogP contribution < -0.4 is 21.7 Å². The number of amides is 1. The van der Waals surface area contributed by atoms with Gasteiger partial charge in [0.15, 0.2) is 0 Å². The highest BCUT2D eigenvalue weighted by Gasteiger charge is 2.07. The molecule has 0 saturated carbocycles. The van der Waals surface area contributed by atoms with Crippen LogP contribution in [0.2, 0.25) is 0 Å². The molecule has 0 heterocycles. The lowest BCUT2D eigenvalue weighted by atomic mass is 10.00. The topological polar surface area (TPSA) is 130 Å². The number of nitrogens with one attached hydrogen (secondary N) is 3. The van der Waals surface area contributed by atoms with Gasteiger partial charge in [-0.15, -0.1) is 0 Å². The van der Waals surface area contributed by atoms with Crippen LogP contribution in [0, 0.1) is 0 Å². The Morgan fingerprint density at radius 3 is 2.05 bits per heavy atom. The van der Waals surface area contributed by atoms with E-state index in [0.29, 0.717) is 31.5 Å². The summed E-state index contributed by atoms with van der Waals surface area (Å²) in [7, 11) is 1.94. The molecule has 0 atom stereocenters. The molecule has 1 aromatic carbocycles. The summed E-state index contributed by atoms with van der Waals surface area (Å²) in [5.74, 6) is 0.0925. The lowest BCUT2D eigenvalue weighted by Crippen LogP contribution is -2.24. The molecule has 1 aromatic rings. The maximum atomic E-state index is 11.9. The van der Waals surface area contributed by atoms with Crippen LogP contribution >= 0.6 is 0 Å². The number of hydrogen-bond acceptors (Lipinski definition) is 7. The van der Waals surface area contributed by atoms with Gasteiger partial charge in [-0.1, -0.05) is 32.3 Å². The molecule has 8 heteroatoms. The van der Waals surface area contributed by atoms with E-state index >= 15 is 0 Å². The van der Waals surface area contributed by atoms with E-state index in [-0.39, 0.29) is 5.91 Å². The van der Waals surface area contributed by atoms with Gasteiger partial charge in [-0.05, 0) is 107 Å². The quantitative estimate of drug-likeness (QED) is 0.0944. The number of unbranched alkanes of at least 4 members (excludes halogenated alkanes) is 8. The first-order valence-corrected chi connectivity index (χ1v) is 15.6. The number of carbonyl (C=O) groups excluding carboxylic acids is 4. The smallest absolute Gasteiger partial charge is 0.219 e. The Labute approximate surface area is 248 Å². The zero-order valence-corrected chi connectivity index (χ0v) is 25.7.